The predicted molar refractivity (Wildman–Crippen MR) is 127 cm³/mol. The molecule has 2 amide bonds. The van der Waals surface area contributed by atoms with E-state index < -0.39 is 11.5 Å². The Morgan fingerprint density at radius 3 is 2.79 bits per heavy atom. The maximum atomic E-state index is 14.0. The molecule has 3 aromatic rings. The molecule has 2 aromatic carbocycles. The summed E-state index contributed by atoms with van der Waals surface area (Å²) in [5.74, 6) is -0.401. The molecule has 6 rings (SSSR count). The summed E-state index contributed by atoms with van der Waals surface area (Å²) in [6.45, 7) is 1.31. The van der Waals surface area contributed by atoms with Crippen LogP contribution in [0.5, 0.6) is 0 Å². The molecule has 6 nitrogen and oxygen atoms in total. The van der Waals surface area contributed by atoms with Crippen LogP contribution in [0.25, 0.3) is 10.9 Å². The first-order chi connectivity index (χ1) is 16.2. The maximum absolute atomic E-state index is 14.0. The van der Waals surface area contributed by atoms with E-state index in [1.807, 2.05) is 59.6 Å². The number of carbonyl (C=O) groups is 2. The molecule has 6 heteroatoms. The topological polar surface area (TPSA) is 74.4 Å². The monoisotopic (exact) mass is 443 g/mol. The number of hydrogen-bond donors (Lipinski definition) is 2. The number of amides is 2. The van der Waals surface area contributed by atoms with Gasteiger partial charge in [-0.1, -0.05) is 31.0 Å². The van der Waals surface area contributed by atoms with Crippen molar-refractivity contribution in [2.24, 2.45) is 0 Å². The van der Waals surface area contributed by atoms with Gasteiger partial charge in [-0.3, -0.25) is 9.59 Å². The van der Waals surface area contributed by atoms with Gasteiger partial charge in [-0.2, -0.15) is 0 Å². The number of aromatic amines is 1. The van der Waals surface area contributed by atoms with Gasteiger partial charge in [-0.15, -0.1) is 0 Å². The minimum atomic E-state index is -0.500. The van der Waals surface area contributed by atoms with Crippen molar-refractivity contribution in [3.63, 3.8) is 0 Å². The molecule has 2 unspecified atom stereocenters. The average Bonchev–Trinajstić information content (AvgIpc) is 3.59. The fourth-order valence-electron chi connectivity index (χ4n) is 6.27. The SMILES string of the molecule is O=C(Nc1ccc2[nH]ccc2c1)C1c2ccccc2C(=O)N(CC2CCCO2)C12CCCC2. The van der Waals surface area contributed by atoms with E-state index in [1.54, 1.807) is 0 Å². The standard InChI is InChI=1S/C27H29N3O3/c31-25(29-19-9-10-23-18(16-19)11-14-28-23)24-21-7-1-2-8-22(21)26(32)30(17-20-6-5-15-33-20)27(24)12-3-4-13-27/h1-2,7-11,14,16,20,24,28H,3-6,12-13,15,17H2,(H,29,31). The van der Waals surface area contributed by atoms with Crippen molar-refractivity contribution in [3.05, 3.63) is 65.9 Å². The van der Waals surface area contributed by atoms with Crippen molar-refractivity contribution < 1.29 is 14.3 Å². The van der Waals surface area contributed by atoms with E-state index >= 15 is 0 Å². The van der Waals surface area contributed by atoms with Gasteiger partial charge >= 0.3 is 0 Å². The number of hydrogen-bond acceptors (Lipinski definition) is 3. The van der Waals surface area contributed by atoms with Gasteiger partial charge in [0, 0.05) is 41.5 Å². The molecule has 3 aliphatic rings. The van der Waals surface area contributed by atoms with E-state index in [9.17, 15) is 9.59 Å². The Hall–Kier alpha value is -3.12. The molecule has 3 heterocycles. The van der Waals surface area contributed by atoms with Crippen molar-refractivity contribution >= 4 is 28.4 Å². The first-order valence-electron chi connectivity index (χ1n) is 12.1. The van der Waals surface area contributed by atoms with Crippen LogP contribution in [0.1, 0.15) is 60.4 Å². The number of fused-ring (bicyclic) bond motifs is 2. The van der Waals surface area contributed by atoms with Crippen LogP contribution in [0.15, 0.2) is 54.7 Å². The smallest absolute Gasteiger partial charge is 0.254 e. The predicted octanol–water partition coefficient (Wildman–Crippen LogP) is 4.84. The minimum Gasteiger partial charge on any atom is -0.376 e. The van der Waals surface area contributed by atoms with Crippen LogP contribution >= 0.6 is 0 Å². The molecule has 1 aromatic heterocycles. The number of rotatable bonds is 4. The summed E-state index contributed by atoms with van der Waals surface area (Å²) in [6, 6.07) is 15.6. The first kappa shape index (κ1) is 20.5. The Labute approximate surface area is 193 Å². The van der Waals surface area contributed by atoms with Gasteiger partial charge in [0.05, 0.1) is 17.6 Å². The summed E-state index contributed by atoms with van der Waals surface area (Å²) in [7, 11) is 0. The van der Waals surface area contributed by atoms with E-state index in [1.165, 1.54) is 0 Å². The molecule has 33 heavy (non-hydrogen) atoms. The molecular weight excluding hydrogens is 414 g/mol. The lowest BCUT2D eigenvalue weighted by molar-refractivity contribution is -0.121. The fourth-order valence-corrected chi connectivity index (χ4v) is 6.27. The molecule has 0 radical (unpaired) electrons. The Bertz CT molecular complexity index is 1200. The highest BCUT2D eigenvalue weighted by Crippen LogP contribution is 2.51. The Kier molecular flexibility index (Phi) is 4.98. The average molecular weight is 444 g/mol. The van der Waals surface area contributed by atoms with E-state index in [2.05, 4.69) is 10.3 Å². The third-order valence-electron chi connectivity index (χ3n) is 7.78. The van der Waals surface area contributed by atoms with Crippen LogP contribution in [0.4, 0.5) is 5.69 Å². The lowest BCUT2D eigenvalue weighted by Gasteiger charge is -2.50. The summed E-state index contributed by atoms with van der Waals surface area (Å²) in [5.41, 5.74) is 2.82. The fraction of sp³-hybridized carbons (Fsp3) is 0.407. The molecule has 2 N–H and O–H groups in total. The number of ether oxygens (including phenoxy) is 1. The number of carbonyl (C=O) groups excluding carboxylic acids is 2. The second kappa shape index (κ2) is 8.03. The second-order valence-corrected chi connectivity index (χ2v) is 9.65. The third kappa shape index (κ3) is 3.35. The zero-order valence-electron chi connectivity index (χ0n) is 18.7. The normalized spacial score (nSPS) is 23.9. The van der Waals surface area contributed by atoms with Gasteiger partial charge in [0.1, 0.15) is 0 Å². The minimum absolute atomic E-state index is 0.0379. The third-order valence-corrected chi connectivity index (χ3v) is 7.78. The van der Waals surface area contributed by atoms with Crippen LogP contribution in [0.3, 0.4) is 0 Å². The molecular formula is C27H29N3O3. The Morgan fingerprint density at radius 1 is 1.12 bits per heavy atom. The number of aromatic nitrogens is 1. The van der Waals surface area contributed by atoms with Gasteiger partial charge in [-0.05, 0) is 61.6 Å². The molecule has 1 aliphatic carbocycles. The van der Waals surface area contributed by atoms with E-state index in [0.29, 0.717) is 12.1 Å². The van der Waals surface area contributed by atoms with Crippen LogP contribution in [-0.4, -0.2) is 46.5 Å². The number of nitrogens with one attached hydrogen (secondary N) is 2. The van der Waals surface area contributed by atoms with Crippen LogP contribution in [0, 0.1) is 0 Å². The number of nitrogens with zero attached hydrogens (tertiary/aromatic N) is 1. The second-order valence-electron chi connectivity index (χ2n) is 9.65. The summed E-state index contributed by atoms with van der Waals surface area (Å²) >= 11 is 0. The highest BCUT2D eigenvalue weighted by atomic mass is 16.5. The Balaban J connectivity index is 1.41. The molecule has 2 atom stereocenters. The highest BCUT2D eigenvalue weighted by molar-refractivity contribution is 6.05. The number of benzene rings is 2. The van der Waals surface area contributed by atoms with Gasteiger partial charge in [0.15, 0.2) is 0 Å². The van der Waals surface area contributed by atoms with Gasteiger partial charge in [0.2, 0.25) is 5.91 Å². The summed E-state index contributed by atoms with van der Waals surface area (Å²) < 4.78 is 5.92. The number of H-pyrrole nitrogens is 1. The zero-order chi connectivity index (χ0) is 22.4. The van der Waals surface area contributed by atoms with E-state index in [-0.39, 0.29) is 17.9 Å². The quantitative estimate of drug-likeness (QED) is 0.606. The molecule has 170 valence electrons. The summed E-state index contributed by atoms with van der Waals surface area (Å²) in [4.78, 5) is 32.9. The van der Waals surface area contributed by atoms with Crippen LogP contribution in [0.2, 0.25) is 0 Å². The van der Waals surface area contributed by atoms with E-state index in [0.717, 1.165) is 67.3 Å². The van der Waals surface area contributed by atoms with Gasteiger partial charge in [0.25, 0.3) is 5.91 Å². The molecule has 2 fully saturated rings. The molecule has 2 aliphatic heterocycles. The van der Waals surface area contributed by atoms with Crippen molar-refractivity contribution in [2.75, 3.05) is 18.5 Å². The van der Waals surface area contributed by atoms with Crippen LogP contribution < -0.4 is 5.32 Å². The molecule has 0 bridgehead atoms. The zero-order valence-corrected chi connectivity index (χ0v) is 18.7. The summed E-state index contributed by atoms with van der Waals surface area (Å²) in [5, 5.41) is 4.25. The van der Waals surface area contributed by atoms with Gasteiger partial charge in [-0.25, -0.2) is 0 Å². The van der Waals surface area contributed by atoms with E-state index in [4.69, 9.17) is 4.74 Å². The number of anilines is 1. The Morgan fingerprint density at radius 2 is 1.97 bits per heavy atom. The lowest BCUT2D eigenvalue weighted by atomic mass is 9.71. The largest absolute Gasteiger partial charge is 0.376 e. The van der Waals surface area contributed by atoms with Crippen molar-refractivity contribution in [2.45, 2.75) is 56.1 Å². The molecule has 1 saturated heterocycles. The van der Waals surface area contributed by atoms with Crippen molar-refractivity contribution in [1.82, 2.24) is 9.88 Å². The molecule has 1 spiro atoms. The van der Waals surface area contributed by atoms with Crippen molar-refractivity contribution in [1.29, 1.82) is 0 Å². The first-order valence-corrected chi connectivity index (χ1v) is 12.1. The summed E-state index contributed by atoms with van der Waals surface area (Å²) in [6.07, 6.45) is 7.68. The van der Waals surface area contributed by atoms with Crippen molar-refractivity contribution in [3.8, 4) is 0 Å². The maximum Gasteiger partial charge on any atom is 0.254 e. The van der Waals surface area contributed by atoms with Crippen LogP contribution in [-0.2, 0) is 9.53 Å². The highest BCUT2D eigenvalue weighted by Gasteiger charge is 2.56. The van der Waals surface area contributed by atoms with Gasteiger partial charge < -0.3 is 19.9 Å². The molecule has 1 saturated carbocycles. The lowest BCUT2D eigenvalue weighted by Crippen LogP contribution is -2.61.